The SMILES string of the molecule is COc1ccc(-c2nnc(Nc3ccc(C#N)cc3)[nH]c2=O)cc1. The van der Waals surface area contributed by atoms with Crippen molar-refractivity contribution in [2.75, 3.05) is 12.4 Å². The van der Waals surface area contributed by atoms with E-state index in [0.717, 1.165) is 0 Å². The van der Waals surface area contributed by atoms with Gasteiger partial charge in [0.15, 0.2) is 5.69 Å². The standard InChI is InChI=1S/C17H13N5O2/c1-24-14-8-4-12(5-9-14)15-16(23)20-17(22-21-15)19-13-6-2-11(10-18)3-7-13/h2-9H,1H3,(H2,19,20,22,23). The largest absolute Gasteiger partial charge is 0.497 e. The van der Waals surface area contributed by atoms with Crippen molar-refractivity contribution in [3.63, 3.8) is 0 Å². The van der Waals surface area contributed by atoms with Crippen molar-refractivity contribution in [1.29, 1.82) is 5.26 Å². The maximum atomic E-state index is 12.2. The van der Waals surface area contributed by atoms with E-state index < -0.39 is 0 Å². The summed E-state index contributed by atoms with van der Waals surface area (Å²) < 4.78 is 5.09. The molecule has 0 spiro atoms. The number of aromatic nitrogens is 3. The Kier molecular flexibility index (Phi) is 4.21. The molecule has 118 valence electrons. The summed E-state index contributed by atoms with van der Waals surface area (Å²) in [5.41, 5.74) is 1.76. The van der Waals surface area contributed by atoms with Gasteiger partial charge in [0, 0.05) is 11.3 Å². The van der Waals surface area contributed by atoms with E-state index in [0.29, 0.717) is 22.6 Å². The van der Waals surface area contributed by atoms with Crippen LogP contribution in [0.4, 0.5) is 11.6 Å². The van der Waals surface area contributed by atoms with E-state index >= 15 is 0 Å². The second-order valence-electron chi connectivity index (χ2n) is 4.89. The summed E-state index contributed by atoms with van der Waals surface area (Å²) in [4.78, 5) is 14.9. The first kappa shape index (κ1) is 15.2. The third-order valence-corrected chi connectivity index (χ3v) is 3.34. The van der Waals surface area contributed by atoms with Gasteiger partial charge < -0.3 is 10.1 Å². The molecule has 0 atom stereocenters. The molecule has 2 N–H and O–H groups in total. The van der Waals surface area contributed by atoms with Gasteiger partial charge in [-0.1, -0.05) is 0 Å². The molecule has 0 unspecified atom stereocenters. The van der Waals surface area contributed by atoms with Crippen LogP contribution in [-0.4, -0.2) is 22.3 Å². The van der Waals surface area contributed by atoms with E-state index in [1.807, 2.05) is 6.07 Å². The number of nitrogens with one attached hydrogen (secondary N) is 2. The number of hydrogen-bond donors (Lipinski definition) is 2. The Morgan fingerprint density at radius 3 is 2.38 bits per heavy atom. The molecule has 1 heterocycles. The fourth-order valence-electron chi connectivity index (χ4n) is 2.10. The number of methoxy groups -OCH3 is 1. The predicted octanol–water partition coefficient (Wildman–Crippen LogP) is 2.46. The van der Waals surface area contributed by atoms with E-state index in [1.165, 1.54) is 0 Å². The highest BCUT2D eigenvalue weighted by atomic mass is 16.5. The van der Waals surface area contributed by atoms with E-state index in [9.17, 15) is 4.79 Å². The second kappa shape index (κ2) is 6.62. The van der Waals surface area contributed by atoms with Crippen LogP contribution in [0.1, 0.15) is 5.56 Å². The first-order valence-corrected chi connectivity index (χ1v) is 7.08. The van der Waals surface area contributed by atoms with Crippen LogP contribution in [0.25, 0.3) is 11.3 Å². The lowest BCUT2D eigenvalue weighted by Gasteiger charge is -2.06. The molecule has 0 aliphatic carbocycles. The smallest absolute Gasteiger partial charge is 0.279 e. The van der Waals surface area contributed by atoms with Crippen LogP contribution in [0.5, 0.6) is 5.75 Å². The van der Waals surface area contributed by atoms with Crippen LogP contribution >= 0.6 is 0 Å². The van der Waals surface area contributed by atoms with E-state index in [4.69, 9.17) is 10.00 Å². The molecular weight excluding hydrogens is 306 g/mol. The average Bonchev–Trinajstić information content (AvgIpc) is 2.63. The Bertz CT molecular complexity index is 940. The number of H-pyrrole nitrogens is 1. The highest BCUT2D eigenvalue weighted by Gasteiger charge is 2.08. The first-order valence-electron chi connectivity index (χ1n) is 7.08. The van der Waals surface area contributed by atoms with Gasteiger partial charge in [0.25, 0.3) is 5.56 Å². The lowest BCUT2D eigenvalue weighted by Crippen LogP contribution is -2.15. The maximum absolute atomic E-state index is 12.2. The molecule has 0 bridgehead atoms. The maximum Gasteiger partial charge on any atom is 0.279 e. The van der Waals surface area contributed by atoms with Gasteiger partial charge in [-0.25, -0.2) is 0 Å². The summed E-state index contributed by atoms with van der Waals surface area (Å²) in [6.45, 7) is 0. The number of ether oxygens (including phenoxy) is 1. The highest BCUT2D eigenvalue weighted by Crippen LogP contribution is 2.18. The van der Waals surface area contributed by atoms with Crippen LogP contribution in [0.3, 0.4) is 0 Å². The lowest BCUT2D eigenvalue weighted by atomic mass is 10.1. The number of hydrogen-bond acceptors (Lipinski definition) is 6. The molecule has 0 saturated carbocycles. The minimum absolute atomic E-state index is 0.224. The summed E-state index contributed by atoms with van der Waals surface area (Å²) in [5.74, 6) is 0.921. The summed E-state index contributed by atoms with van der Waals surface area (Å²) >= 11 is 0. The Morgan fingerprint density at radius 1 is 1.08 bits per heavy atom. The van der Waals surface area contributed by atoms with E-state index in [1.54, 1.807) is 55.6 Å². The summed E-state index contributed by atoms with van der Waals surface area (Å²) in [7, 11) is 1.57. The van der Waals surface area contributed by atoms with E-state index in [-0.39, 0.29) is 17.2 Å². The van der Waals surface area contributed by atoms with Crippen molar-refractivity contribution >= 4 is 11.6 Å². The van der Waals surface area contributed by atoms with Crippen LogP contribution in [0.2, 0.25) is 0 Å². The van der Waals surface area contributed by atoms with Crippen LogP contribution < -0.4 is 15.6 Å². The monoisotopic (exact) mass is 319 g/mol. The van der Waals surface area contributed by atoms with E-state index in [2.05, 4.69) is 20.5 Å². The number of rotatable bonds is 4. The Labute approximate surface area is 137 Å². The average molecular weight is 319 g/mol. The van der Waals surface area contributed by atoms with Gasteiger partial charge in [-0.05, 0) is 48.5 Å². The zero-order chi connectivity index (χ0) is 16.9. The molecule has 1 aromatic heterocycles. The van der Waals surface area contributed by atoms with Crippen molar-refractivity contribution < 1.29 is 4.74 Å². The third-order valence-electron chi connectivity index (χ3n) is 3.34. The van der Waals surface area contributed by atoms with Gasteiger partial charge in [-0.2, -0.15) is 5.26 Å². The van der Waals surface area contributed by atoms with Crippen molar-refractivity contribution in [3.05, 3.63) is 64.4 Å². The van der Waals surface area contributed by atoms with Gasteiger partial charge in [-0.15, -0.1) is 10.2 Å². The van der Waals surface area contributed by atoms with Gasteiger partial charge in [0.1, 0.15) is 5.75 Å². The molecule has 0 saturated heterocycles. The van der Waals surface area contributed by atoms with Gasteiger partial charge in [0.05, 0.1) is 18.7 Å². The fourth-order valence-corrected chi connectivity index (χ4v) is 2.10. The van der Waals surface area contributed by atoms with Crippen molar-refractivity contribution in [1.82, 2.24) is 15.2 Å². The van der Waals surface area contributed by atoms with Crippen molar-refractivity contribution in [2.45, 2.75) is 0 Å². The van der Waals surface area contributed by atoms with Gasteiger partial charge in [0.2, 0.25) is 5.95 Å². The normalized spacial score (nSPS) is 10.0. The Hall–Kier alpha value is -3.66. The zero-order valence-electron chi connectivity index (χ0n) is 12.8. The quantitative estimate of drug-likeness (QED) is 0.765. The fraction of sp³-hybridized carbons (Fsp3) is 0.0588. The Morgan fingerprint density at radius 2 is 1.79 bits per heavy atom. The van der Waals surface area contributed by atoms with Crippen molar-refractivity contribution in [3.8, 4) is 23.1 Å². The second-order valence-corrected chi connectivity index (χ2v) is 4.89. The molecule has 0 aliphatic rings. The predicted molar refractivity (Wildman–Crippen MR) is 89.1 cm³/mol. The number of nitriles is 1. The molecule has 24 heavy (non-hydrogen) atoms. The molecular formula is C17H13N5O2. The molecule has 3 rings (SSSR count). The molecule has 0 radical (unpaired) electrons. The highest BCUT2D eigenvalue weighted by molar-refractivity contribution is 5.60. The summed E-state index contributed by atoms with van der Waals surface area (Å²) in [6, 6.07) is 15.8. The minimum Gasteiger partial charge on any atom is -0.497 e. The number of aromatic amines is 1. The first-order chi connectivity index (χ1) is 11.7. The van der Waals surface area contributed by atoms with Gasteiger partial charge in [-0.3, -0.25) is 9.78 Å². The minimum atomic E-state index is -0.355. The lowest BCUT2D eigenvalue weighted by molar-refractivity contribution is 0.415. The molecule has 0 fully saturated rings. The molecule has 3 aromatic rings. The van der Waals surface area contributed by atoms with Crippen molar-refractivity contribution in [2.24, 2.45) is 0 Å². The number of benzene rings is 2. The zero-order valence-corrected chi connectivity index (χ0v) is 12.8. The molecule has 2 aromatic carbocycles. The summed E-state index contributed by atoms with van der Waals surface area (Å²) in [6.07, 6.45) is 0. The third kappa shape index (κ3) is 3.23. The van der Waals surface area contributed by atoms with Crippen LogP contribution in [0.15, 0.2) is 53.3 Å². The van der Waals surface area contributed by atoms with Crippen LogP contribution in [-0.2, 0) is 0 Å². The van der Waals surface area contributed by atoms with Gasteiger partial charge >= 0.3 is 0 Å². The molecule has 0 aliphatic heterocycles. The molecule has 0 amide bonds. The number of anilines is 2. The number of nitrogens with zero attached hydrogens (tertiary/aromatic N) is 3. The molecule has 7 nitrogen and oxygen atoms in total. The molecule has 7 heteroatoms. The van der Waals surface area contributed by atoms with Crippen LogP contribution in [0, 0.1) is 11.3 Å². The Balaban J connectivity index is 1.83. The summed E-state index contributed by atoms with van der Waals surface area (Å²) in [5, 5.41) is 19.7. The topological polar surface area (TPSA) is 104 Å².